The van der Waals surface area contributed by atoms with Crippen LogP contribution in [0.2, 0.25) is 0 Å². The molecule has 0 bridgehead atoms. The van der Waals surface area contributed by atoms with Crippen molar-refractivity contribution in [3.8, 4) is 16.9 Å². The summed E-state index contributed by atoms with van der Waals surface area (Å²) in [5, 5.41) is 2.92. The number of amides is 1. The van der Waals surface area contributed by atoms with Crippen LogP contribution in [0.3, 0.4) is 0 Å². The molecule has 1 N–H and O–H groups in total. The minimum absolute atomic E-state index is 0.212. The molecule has 0 aromatic heterocycles. The summed E-state index contributed by atoms with van der Waals surface area (Å²) < 4.78 is 10.1. The van der Waals surface area contributed by atoms with Crippen LogP contribution in [0.1, 0.15) is 22.6 Å². The number of nitrogens with one attached hydrogen (secondary N) is 1. The van der Waals surface area contributed by atoms with E-state index in [2.05, 4.69) is 5.32 Å². The standard InChI is InChI=1S/C25H23NO4/c1-29-17-13-11-16(12-14-17)15-22(25(28)30-2)26-24(27)23-20-9-5-3-7-18(20)19-8-4-6-10-21(19)23/h3-14,22-23H,15H2,1-2H3,(H,26,27)/t22-/m1/s1. The van der Waals surface area contributed by atoms with Crippen LogP contribution in [0.4, 0.5) is 0 Å². The van der Waals surface area contributed by atoms with Crippen LogP contribution in [0.15, 0.2) is 72.8 Å². The highest BCUT2D eigenvalue weighted by Gasteiger charge is 2.35. The van der Waals surface area contributed by atoms with Crippen LogP contribution in [-0.2, 0) is 20.7 Å². The fraction of sp³-hybridized carbons (Fsp3) is 0.200. The molecule has 5 heteroatoms. The van der Waals surface area contributed by atoms with Gasteiger partial charge >= 0.3 is 5.97 Å². The van der Waals surface area contributed by atoms with Gasteiger partial charge in [0, 0.05) is 6.42 Å². The van der Waals surface area contributed by atoms with E-state index in [1.54, 1.807) is 7.11 Å². The predicted molar refractivity (Wildman–Crippen MR) is 114 cm³/mol. The van der Waals surface area contributed by atoms with Crippen molar-refractivity contribution in [2.75, 3.05) is 14.2 Å². The molecule has 0 aliphatic heterocycles. The molecule has 0 unspecified atom stereocenters. The number of esters is 1. The van der Waals surface area contributed by atoms with E-state index in [0.717, 1.165) is 33.6 Å². The molecule has 0 saturated heterocycles. The van der Waals surface area contributed by atoms with Crippen LogP contribution in [-0.4, -0.2) is 32.1 Å². The second-order valence-electron chi connectivity index (χ2n) is 7.24. The molecule has 30 heavy (non-hydrogen) atoms. The van der Waals surface area contributed by atoms with Gasteiger partial charge in [0.25, 0.3) is 0 Å². The number of carbonyl (C=O) groups excluding carboxylic acids is 2. The molecule has 0 saturated carbocycles. The van der Waals surface area contributed by atoms with Gasteiger partial charge in [0.05, 0.1) is 20.1 Å². The van der Waals surface area contributed by atoms with Crippen LogP contribution >= 0.6 is 0 Å². The summed E-state index contributed by atoms with van der Waals surface area (Å²) in [6, 6.07) is 22.4. The zero-order valence-corrected chi connectivity index (χ0v) is 16.9. The summed E-state index contributed by atoms with van der Waals surface area (Å²) in [5.41, 5.74) is 4.91. The molecule has 1 atom stereocenters. The fourth-order valence-electron chi connectivity index (χ4n) is 4.03. The maximum absolute atomic E-state index is 13.4. The van der Waals surface area contributed by atoms with Crippen LogP contribution < -0.4 is 10.1 Å². The molecule has 0 heterocycles. The lowest BCUT2D eigenvalue weighted by Gasteiger charge is -2.20. The molecule has 1 aliphatic carbocycles. The topological polar surface area (TPSA) is 64.6 Å². The summed E-state index contributed by atoms with van der Waals surface area (Å²) in [6.07, 6.45) is 0.332. The Labute approximate surface area is 175 Å². The van der Waals surface area contributed by atoms with Gasteiger partial charge in [-0.25, -0.2) is 4.79 Å². The first kappa shape index (κ1) is 19.7. The van der Waals surface area contributed by atoms with Crippen molar-refractivity contribution in [2.45, 2.75) is 18.4 Å². The van der Waals surface area contributed by atoms with Crippen molar-refractivity contribution in [2.24, 2.45) is 0 Å². The molecular weight excluding hydrogens is 378 g/mol. The van der Waals surface area contributed by atoms with E-state index in [1.807, 2.05) is 72.8 Å². The van der Waals surface area contributed by atoms with Gasteiger partial charge in [0.2, 0.25) is 5.91 Å². The van der Waals surface area contributed by atoms with Crippen molar-refractivity contribution in [1.29, 1.82) is 0 Å². The lowest BCUT2D eigenvalue weighted by molar-refractivity contribution is -0.145. The minimum Gasteiger partial charge on any atom is -0.497 e. The van der Waals surface area contributed by atoms with E-state index in [1.165, 1.54) is 7.11 Å². The second kappa shape index (κ2) is 8.41. The zero-order chi connectivity index (χ0) is 21.1. The van der Waals surface area contributed by atoms with E-state index in [9.17, 15) is 9.59 Å². The molecular formula is C25H23NO4. The first-order valence-corrected chi connectivity index (χ1v) is 9.81. The summed E-state index contributed by atoms with van der Waals surface area (Å²) in [4.78, 5) is 25.8. The highest BCUT2D eigenvalue weighted by molar-refractivity contribution is 5.97. The monoisotopic (exact) mass is 401 g/mol. The van der Waals surface area contributed by atoms with Crippen LogP contribution in [0.5, 0.6) is 5.75 Å². The Bertz CT molecular complexity index is 1030. The number of hydrogen-bond acceptors (Lipinski definition) is 4. The Morgan fingerprint density at radius 2 is 1.43 bits per heavy atom. The van der Waals surface area contributed by atoms with Crippen molar-refractivity contribution in [3.05, 3.63) is 89.5 Å². The normalized spacial score (nSPS) is 13.1. The third-order valence-corrected chi connectivity index (χ3v) is 5.50. The summed E-state index contributed by atoms with van der Waals surface area (Å²) in [6.45, 7) is 0. The van der Waals surface area contributed by atoms with Crippen molar-refractivity contribution >= 4 is 11.9 Å². The number of methoxy groups -OCH3 is 2. The molecule has 152 valence electrons. The van der Waals surface area contributed by atoms with Gasteiger partial charge in [-0.1, -0.05) is 60.7 Å². The molecule has 5 nitrogen and oxygen atoms in total. The van der Waals surface area contributed by atoms with Gasteiger partial charge in [-0.05, 0) is 39.9 Å². The molecule has 1 aliphatic rings. The van der Waals surface area contributed by atoms with Gasteiger partial charge in [0.15, 0.2) is 0 Å². The highest BCUT2D eigenvalue weighted by Crippen LogP contribution is 2.44. The van der Waals surface area contributed by atoms with E-state index >= 15 is 0 Å². The van der Waals surface area contributed by atoms with E-state index in [-0.39, 0.29) is 5.91 Å². The Balaban J connectivity index is 1.60. The largest absolute Gasteiger partial charge is 0.497 e. The summed E-state index contributed by atoms with van der Waals surface area (Å²) in [7, 11) is 2.93. The van der Waals surface area contributed by atoms with E-state index < -0.39 is 17.9 Å². The zero-order valence-electron chi connectivity index (χ0n) is 16.9. The number of carbonyl (C=O) groups is 2. The van der Waals surface area contributed by atoms with Gasteiger partial charge in [0.1, 0.15) is 11.8 Å². The third-order valence-electron chi connectivity index (χ3n) is 5.50. The lowest BCUT2D eigenvalue weighted by Crippen LogP contribution is -2.45. The Morgan fingerprint density at radius 3 is 1.97 bits per heavy atom. The lowest BCUT2D eigenvalue weighted by atomic mass is 9.95. The molecule has 3 aromatic rings. The van der Waals surface area contributed by atoms with Crippen LogP contribution in [0.25, 0.3) is 11.1 Å². The molecule has 4 rings (SSSR count). The van der Waals surface area contributed by atoms with Crippen LogP contribution in [0, 0.1) is 0 Å². The number of benzene rings is 3. The van der Waals surface area contributed by atoms with Gasteiger partial charge in [-0.3, -0.25) is 4.79 Å². The Morgan fingerprint density at radius 1 is 0.867 bits per heavy atom. The SMILES string of the molecule is COC(=O)[C@@H](Cc1ccc(OC)cc1)NC(=O)C1c2ccccc2-c2ccccc21. The molecule has 3 aromatic carbocycles. The third kappa shape index (κ3) is 3.66. The first-order chi connectivity index (χ1) is 14.6. The Kier molecular flexibility index (Phi) is 5.53. The maximum atomic E-state index is 13.4. The Hall–Kier alpha value is -3.60. The quantitative estimate of drug-likeness (QED) is 0.640. The second-order valence-corrected chi connectivity index (χ2v) is 7.24. The molecule has 0 radical (unpaired) electrons. The van der Waals surface area contributed by atoms with E-state index in [0.29, 0.717) is 6.42 Å². The molecule has 0 spiro atoms. The average molecular weight is 401 g/mol. The minimum atomic E-state index is -0.782. The average Bonchev–Trinajstić information content (AvgIpc) is 3.13. The number of hydrogen-bond donors (Lipinski definition) is 1. The van der Waals surface area contributed by atoms with E-state index in [4.69, 9.17) is 9.47 Å². The predicted octanol–water partition coefficient (Wildman–Crippen LogP) is 3.71. The number of fused-ring (bicyclic) bond motifs is 3. The van der Waals surface area contributed by atoms with Gasteiger partial charge < -0.3 is 14.8 Å². The first-order valence-electron chi connectivity index (χ1n) is 9.81. The maximum Gasteiger partial charge on any atom is 0.328 e. The van der Waals surface area contributed by atoms with Crippen molar-refractivity contribution < 1.29 is 19.1 Å². The van der Waals surface area contributed by atoms with Gasteiger partial charge in [-0.2, -0.15) is 0 Å². The fourth-order valence-corrected chi connectivity index (χ4v) is 4.03. The smallest absolute Gasteiger partial charge is 0.328 e. The number of rotatable bonds is 6. The van der Waals surface area contributed by atoms with Crippen molar-refractivity contribution in [3.63, 3.8) is 0 Å². The summed E-state index contributed by atoms with van der Waals surface area (Å²) in [5.74, 6) is -0.410. The number of ether oxygens (including phenoxy) is 2. The molecule has 1 amide bonds. The summed E-state index contributed by atoms with van der Waals surface area (Å²) >= 11 is 0. The van der Waals surface area contributed by atoms with Crippen molar-refractivity contribution in [1.82, 2.24) is 5.32 Å². The van der Waals surface area contributed by atoms with Gasteiger partial charge in [-0.15, -0.1) is 0 Å². The highest BCUT2D eigenvalue weighted by atomic mass is 16.5. The molecule has 0 fully saturated rings.